The van der Waals surface area contributed by atoms with E-state index >= 15 is 0 Å². The van der Waals surface area contributed by atoms with Crippen molar-refractivity contribution in [3.8, 4) is 0 Å². The molecule has 1 fully saturated rings. The second-order valence-electron chi connectivity index (χ2n) is 6.67. The summed E-state index contributed by atoms with van der Waals surface area (Å²) in [6.45, 7) is 3.17. The van der Waals surface area contributed by atoms with E-state index in [0.29, 0.717) is 18.1 Å². The predicted molar refractivity (Wildman–Crippen MR) is 97.4 cm³/mol. The van der Waals surface area contributed by atoms with Crippen LogP contribution >= 0.6 is 11.3 Å². The molecular formula is C18H24N4O2S. The Morgan fingerprint density at radius 2 is 1.92 bits per heavy atom. The number of nitrogens with one attached hydrogen (secondary N) is 2. The summed E-state index contributed by atoms with van der Waals surface area (Å²) in [4.78, 5) is 12.2. The number of aryl methyl sites for hydroxylation is 1. The van der Waals surface area contributed by atoms with Gasteiger partial charge in [-0.15, -0.1) is 10.2 Å². The van der Waals surface area contributed by atoms with E-state index in [9.17, 15) is 9.90 Å². The number of nitrogens with zero attached hydrogens (tertiary/aromatic N) is 2. The number of amides is 1. The Hall–Kier alpha value is -1.83. The second kappa shape index (κ2) is 8.03. The first-order valence-corrected chi connectivity index (χ1v) is 9.44. The lowest BCUT2D eigenvalue weighted by Crippen LogP contribution is -2.45. The van der Waals surface area contributed by atoms with Crippen molar-refractivity contribution < 1.29 is 9.90 Å². The van der Waals surface area contributed by atoms with Gasteiger partial charge in [0.1, 0.15) is 5.01 Å². The predicted octanol–water partition coefficient (Wildman–Crippen LogP) is 2.17. The molecule has 3 rings (SSSR count). The van der Waals surface area contributed by atoms with E-state index in [2.05, 4.69) is 20.8 Å². The van der Waals surface area contributed by atoms with E-state index in [1.165, 1.54) is 16.9 Å². The third kappa shape index (κ3) is 4.62. The van der Waals surface area contributed by atoms with E-state index in [0.717, 1.165) is 36.3 Å². The van der Waals surface area contributed by atoms with Crippen LogP contribution in [0.15, 0.2) is 24.3 Å². The third-order valence-electron chi connectivity index (χ3n) is 4.71. The van der Waals surface area contributed by atoms with Gasteiger partial charge in [0.25, 0.3) is 5.91 Å². The minimum Gasteiger partial charge on any atom is -0.394 e. The second-order valence-corrected chi connectivity index (χ2v) is 7.73. The third-order valence-corrected chi connectivity index (χ3v) is 5.63. The molecule has 1 aromatic carbocycles. The first-order chi connectivity index (χ1) is 12.1. The smallest absolute Gasteiger partial charge is 0.282 e. The van der Waals surface area contributed by atoms with Crippen LogP contribution in [0.25, 0.3) is 0 Å². The highest BCUT2D eigenvalue weighted by Crippen LogP contribution is 2.29. The molecule has 1 heterocycles. The van der Waals surface area contributed by atoms with Crippen LogP contribution in [0, 0.1) is 6.92 Å². The molecule has 0 aliphatic heterocycles. The molecule has 0 radical (unpaired) electrons. The molecule has 134 valence electrons. The molecule has 1 aliphatic rings. The number of benzene rings is 1. The van der Waals surface area contributed by atoms with Gasteiger partial charge in [-0.3, -0.25) is 4.79 Å². The van der Waals surface area contributed by atoms with Crippen LogP contribution < -0.4 is 10.6 Å². The Kier molecular flexibility index (Phi) is 5.78. The van der Waals surface area contributed by atoms with E-state index in [1.807, 2.05) is 31.2 Å². The molecule has 0 atom stereocenters. The maximum Gasteiger partial charge on any atom is 0.282 e. The standard InChI is InChI=1S/C18H24N4O2S/c1-13-4-6-14(7-5-13)10-19-16(24)17-22-21-15(25-17)11-20-18(12-23)8-2-3-9-18/h4-7,20,23H,2-3,8-12H2,1H3,(H,19,24). The highest BCUT2D eigenvalue weighted by molar-refractivity contribution is 7.13. The van der Waals surface area contributed by atoms with E-state index < -0.39 is 0 Å². The Bertz CT molecular complexity index is 708. The molecule has 6 nitrogen and oxygen atoms in total. The van der Waals surface area contributed by atoms with Gasteiger partial charge in [-0.05, 0) is 25.3 Å². The van der Waals surface area contributed by atoms with Gasteiger partial charge in [-0.2, -0.15) is 0 Å². The van der Waals surface area contributed by atoms with Crippen LogP contribution in [-0.4, -0.2) is 33.4 Å². The summed E-state index contributed by atoms with van der Waals surface area (Å²) in [5.74, 6) is -0.206. The summed E-state index contributed by atoms with van der Waals surface area (Å²) >= 11 is 1.29. The van der Waals surface area contributed by atoms with Crippen LogP contribution in [0.5, 0.6) is 0 Å². The summed E-state index contributed by atoms with van der Waals surface area (Å²) in [6, 6.07) is 8.05. The number of carbonyl (C=O) groups is 1. The van der Waals surface area contributed by atoms with Crippen LogP contribution in [0.1, 0.15) is 51.6 Å². The van der Waals surface area contributed by atoms with Crippen LogP contribution in [0.2, 0.25) is 0 Å². The van der Waals surface area contributed by atoms with Gasteiger partial charge in [-0.1, -0.05) is 54.0 Å². The van der Waals surface area contributed by atoms with Crippen molar-refractivity contribution in [3.63, 3.8) is 0 Å². The number of aromatic nitrogens is 2. The van der Waals surface area contributed by atoms with Gasteiger partial charge >= 0.3 is 0 Å². The quantitative estimate of drug-likeness (QED) is 0.704. The van der Waals surface area contributed by atoms with Crippen LogP contribution in [-0.2, 0) is 13.1 Å². The number of carbonyl (C=O) groups excluding carboxylic acids is 1. The van der Waals surface area contributed by atoms with Crippen molar-refractivity contribution in [2.75, 3.05) is 6.61 Å². The zero-order valence-corrected chi connectivity index (χ0v) is 15.2. The molecule has 1 amide bonds. The van der Waals surface area contributed by atoms with E-state index in [-0.39, 0.29) is 18.1 Å². The molecule has 25 heavy (non-hydrogen) atoms. The molecule has 2 aromatic rings. The Morgan fingerprint density at radius 1 is 1.20 bits per heavy atom. The Labute approximate surface area is 151 Å². The average molecular weight is 360 g/mol. The highest BCUT2D eigenvalue weighted by Gasteiger charge is 2.32. The first-order valence-electron chi connectivity index (χ1n) is 8.62. The van der Waals surface area contributed by atoms with Crippen molar-refractivity contribution in [1.29, 1.82) is 0 Å². The molecule has 7 heteroatoms. The van der Waals surface area contributed by atoms with E-state index in [1.54, 1.807) is 0 Å². The van der Waals surface area contributed by atoms with Gasteiger partial charge in [0.2, 0.25) is 5.01 Å². The van der Waals surface area contributed by atoms with Crippen LogP contribution in [0.4, 0.5) is 0 Å². The lowest BCUT2D eigenvalue weighted by atomic mass is 9.99. The number of aliphatic hydroxyl groups is 1. The SMILES string of the molecule is Cc1ccc(CNC(=O)c2nnc(CNC3(CO)CCCC3)s2)cc1. The lowest BCUT2D eigenvalue weighted by molar-refractivity contribution is 0.0950. The fourth-order valence-corrected chi connectivity index (χ4v) is 3.78. The van der Waals surface area contributed by atoms with Gasteiger partial charge in [0.05, 0.1) is 13.2 Å². The monoisotopic (exact) mass is 360 g/mol. The number of aliphatic hydroxyl groups excluding tert-OH is 1. The first kappa shape index (κ1) is 18.0. The van der Waals surface area contributed by atoms with Crippen molar-refractivity contribution in [3.05, 3.63) is 45.4 Å². The van der Waals surface area contributed by atoms with Crippen molar-refractivity contribution in [1.82, 2.24) is 20.8 Å². The highest BCUT2D eigenvalue weighted by atomic mass is 32.1. The van der Waals surface area contributed by atoms with E-state index in [4.69, 9.17) is 0 Å². The van der Waals surface area contributed by atoms with Crippen LogP contribution in [0.3, 0.4) is 0 Å². The zero-order chi connectivity index (χ0) is 17.7. The molecule has 1 aromatic heterocycles. The molecule has 0 unspecified atom stereocenters. The van der Waals surface area contributed by atoms with Gasteiger partial charge in [0.15, 0.2) is 0 Å². The van der Waals surface area contributed by atoms with Gasteiger partial charge in [-0.25, -0.2) is 0 Å². The Balaban J connectivity index is 1.51. The number of rotatable bonds is 7. The molecule has 1 aliphatic carbocycles. The van der Waals surface area contributed by atoms with Crippen molar-refractivity contribution >= 4 is 17.2 Å². The molecule has 0 bridgehead atoms. The summed E-state index contributed by atoms with van der Waals surface area (Å²) in [5, 5.41) is 25.1. The fraction of sp³-hybridized carbons (Fsp3) is 0.500. The topological polar surface area (TPSA) is 87.1 Å². The Morgan fingerprint density at radius 3 is 2.60 bits per heavy atom. The molecule has 3 N–H and O–H groups in total. The maximum absolute atomic E-state index is 12.2. The molecule has 1 saturated carbocycles. The largest absolute Gasteiger partial charge is 0.394 e. The summed E-state index contributed by atoms with van der Waals surface area (Å²) in [5.41, 5.74) is 2.05. The molecule has 0 spiro atoms. The fourth-order valence-electron chi connectivity index (χ4n) is 3.09. The minimum atomic E-state index is -0.206. The minimum absolute atomic E-state index is 0.135. The molecule has 0 saturated heterocycles. The average Bonchev–Trinajstić information content (AvgIpc) is 3.29. The number of hydrogen-bond donors (Lipinski definition) is 3. The van der Waals surface area contributed by atoms with Gasteiger partial charge in [0, 0.05) is 12.1 Å². The maximum atomic E-state index is 12.2. The number of hydrogen-bond acceptors (Lipinski definition) is 6. The summed E-state index contributed by atoms with van der Waals surface area (Å²) in [7, 11) is 0. The van der Waals surface area contributed by atoms with Crippen molar-refractivity contribution in [2.45, 2.75) is 51.2 Å². The zero-order valence-electron chi connectivity index (χ0n) is 14.4. The summed E-state index contributed by atoms with van der Waals surface area (Å²) < 4.78 is 0. The molecular weight excluding hydrogens is 336 g/mol. The van der Waals surface area contributed by atoms with Crippen molar-refractivity contribution in [2.24, 2.45) is 0 Å². The normalized spacial score (nSPS) is 16.1. The summed E-state index contributed by atoms with van der Waals surface area (Å²) in [6.07, 6.45) is 4.23. The lowest BCUT2D eigenvalue weighted by Gasteiger charge is -2.27. The van der Waals surface area contributed by atoms with Gasteiger partial charge < -0.3 is 15.7 Å².